The monoisotopic (exact) mass is 273 g/mol. The number of nitrogens with two attached hydrogens (primary N) is 1. The second-order valence-electron chi connectivity index (χ2n) is 6.13. The molecular weight excluding hydrogens is 250 g/mol. The highest BCUT2D eigenvalue weighted by Crippen LogP contribution is 2.27. The van der Waals surface area contributed by atoms with Gasteiger partial charge in [-0.15, -0.1) is 0 Å². The Kier molecular flexibility index (Phi) is 3.76. The number of primary amides is 1. The molecule has 1 aromatic rings. The second-order valence-corrected chi connectivity index (χ2v) is 6.13. The highest BCUT2D eigenvalue weighted by molar-refractivity contribution is 5.93. The standard InChI is InChI=1S/C16H23N3O/c1-11-8-13(16(17)20)2-3-14(11)9-18-15-10-19-6-4-12(15)5-7-19/h2-3,8,12,15,18H,4-7,9-10H2,1H3,(H2,17,20). The highest BCUT2D eigenvalue weighted by Gasteiger charge is 2.33. The second kappa shape index (κ2) is 5.54. The number of piperidine rings is 3. The Hall–Kier alpha value is -1.39. The van der Waals surface area contributed by atoms with E-state index in [1.807, 2.05) is 25.1 Å². The van der Waals surface area contributed by atoms with E-state index >= 15 is 0 Å². The summed E-state index contributed by atoms with van der Waals surface area (Å²) in [5.74, 6) is 0.482. The van der Waals surface area contributed by atoms with Gasteiger partial charge in [-0.3, -0.25) is 4.79 Å². The van der Waals surface area contributed by atoms with Gasteiger partial charge in [-0.25, -0.2) is 0 Å². The molecule has 4 rings (SSSR count). The predicted molar refractivity (Wildman–Crippen MR) is 79.5 cm³/mol. The minimum atomic E-state index is -0.356. The summed E-state index contributed by atoms with van der Waals surface area (Å²) >= 11 is 0. The van der Waals surface area contributed by atoms with Gasteiger partial charge in [-0.1, -0.05) is 6.07 Å². The van der Waals surface area contributed by atoms with E-state index in [1.165, 1.54) is 38.0 Å². The largest absolute Gasteiger partial charge is 0.366 e. The van der Waals surface area contributed by atoms with E-state index in [4.69, 9.17) is 5.73 Å². The van der Waals surface area contributed by atoms with Crippen LogP contribution in [0.4, 0.5) is 0 Å². The van der Waals surface area contributed by atoms with Gasteiger partial charge < -0.3 is 16.0 Å². The third-order valence-electron chi connectivity index (χ3n) is 4.84. The Bertz CT molecular complexity index is 506. The molecule has 3 fully saturated rings. The maximum absolute atomic E-state index is 11.2. The van der Waals surface area contributed by atoms with Crippen molar-refractivity contribution in [1.82, 2.24) is 10.2 Å². The smallest absolute Gasteiger partial charge is 0.248 e. The maximum Gasteiger partial charge on any atom is 0.248 e. The van der Waals surface area contributed by atoms with Gasteiger partial charge in [0.05, 0.1) is 0 Å². The molecule has 4 heteroatoms. The van der Waals surface area contributed by atoms with Crippen LogP contribution in [0.15, 0.2) is 18.2 Å². The number of rotatable bonds is 4. The lowest BCUT2D eigenvalue weighted by atomic mass is 9.84. The van der Waals surface area contributed by atoms with Crippen molar-refractivity contribution < 1.29 is 4.79 Å². The number of carbonyl (C=O) groups is 1. The van der Waals surface area contributed by atoms with Gasteiger partial charge in [-0.2, -0.15) is 0 Å². The van der Waals surface area contributed by atoms with Crippen LogP contribution in [0.1, 0.15) is 34.3 Å². The molecule has 3 aliphatic rings. The molecule has 0 radical (unpaired) electrons. The zero-order valence-corrected chi connectivity index (χ0v) is 12.1. The lowest BCUT2D eigenvalue weighted by Gasteiger charge is -2.45. The van der Waals surface area contributed by atoms with Gasteiger partial charge in [0, 0.05) is 24.7 Å². The van der Waals surface area contributed by atoms with Gasteiger partial charge in [-0.05, 0) is 62.0 Å². The summed E-state index contributed by atoms with van der Waals surface area (Å²) < 4.78 is 0. The van der Waals surface area contributed by atoms with Crippen LogP contribution < -0.4 is 11.1 Å². The summed E-state index contributed by atoms with van der Waals surface area (Å²) in [6.07, 6.45) is 2.66. The molecule has 4 nitrogen and oxygen atoms in total. The summed E-state index contributed by atoms with van der Waals surface area (Å²) in [5, 5.41) is 3.70. The maximum atomic E-state index is 11.2. The van der Waals surface area contributed by atoms with E-state index in [9.17, 15) is 4.79 Å². The fraction of sp³-hybridized carbons (Fsp3) is 0.562. The van der Waals surface area contributed by atoms with Crippen LogP contribution in [0.2, 0.25) is 0 Å². The molecule has 1 atom stereocenters. The molecule has 3 heterocycles. The van der Waals surface area contributed by atoms with Crippen LogP contribution in [-0.2, 0) is 6.54 Å². The molecule has 1 aromatic carbocycles. The number of fused-ring (bicyclic) bond motifs is 3. The first-order valence-electron chi connectivity index (χ1n) is 7.48. The van der Waals surface area contributed by atoms with E-state index in [0.29, 0.717) is 11.6 Å². The van der Waals surface area contributed by atoms with Gasteiger partial charge >= 0.3 is 0 Å². The lowest BCUT2D eigenvalue weighted by molar-refractivity contribution is 0.0720. The Balaban J connectivity index is 1.62. The number of aryl methyl sites for hydroxylation is 1. The van der Waals surface area contributed by atoms with Crippen LogP contribution in [0.3, 0.4) is 0 Å². The average Bonchev–Trinajstić information content (AvgIpc) is 2.47. The lowest BCUT2D eigenvalue weighted by Crippen LogP contribution is -2.55. The molecule has 3 saturated heterocycles. The molecule has 3 N–H and O–H groups in total. The van der Waals surface area contributed by atoms with Crippen molar-refractivity contribution in [3.05, 3.63) is 34.9 Å². The Morgan fingerprint density at radius 2 is 2.15 bits per heavy atom. The minimum Gasteiger partial charge on any atom is -0.366 e. The molecule has 108 valence electrons. The van der Waals surface area contributed by atoms with Crippen molar-refractivity contribution >= 4 is 5.91 Å². The van der Waals surface area contributed by atoms with Gasteiger partial charge in [0.1, 0.15) is 0 Å². The number of benzene rings is 1. The average molecular weight is 273 g/mol. The fourth-order valence-electron chi connectivity index (χ4n) is 3.48. The van der Waals surface area contributed by atoms with Gasteiger partial charge in [0.25, 0.3) is 0 Å². The number of nitrogens with one attached hydrogen (secondary N) is 1. The topological polar surface area (TPSA) is 58.4 Å². The number of amides is 1. The highest BCUT2D eigenvalue weighted by atomic mass is 16.1. The quantitative estimate of drug-likeness (QED) is 0.869. The van der Waals surface area contributed by atoms with Crippen LogP contribution in [0, 0.1) is 12.8 Å². The summed E-state index contributed by atoms with van der Waals surface area (Å²) in [4.78, 5) is 13.7. The van der Waals surface area contributed by atoms with E-state index in [-0.39, 0.29) is 5.91 Å². The van der Waals surface area contributed by atoms with E-state index < -0.39 is 0 Å². The van der Waals surface area contributed by atoms with Crippen molar-refractivity contribution in [3.63, 3.8) is 0 Å². The van der Waals surface area contributed by atoms with Crippen molar-refractivity contribution in [3.8, 4) is 0 Å². The van der Waals surface area contributed by atoms with Crippen LogP contribution >= 0.6 is 0 Å². The molecule has 0 aliphatic carbocycles. The fourth-order valence-corrected chi connectivity index (χ4v) is 3.48. The molecule has 20 heavy (non-hydrogen) atoms. The van der Waals surface area contributed by atoms with Crippen molar-refractivity contribution in [2.75, 3.05) is 19.6 Å². The first kappa shape index (κ1) is 13.6. The zero-order valence-electron chi connectivity index (χ0n) is 12.1. The number of carbonyl (C=O) groups excluding carboxylic acids is 1. The minimum absolute atomic E-state index is 0.356. The molecule has 0 saturated carbocycles. The first-order valence-corrected chi connectivity index (χ1v) is 7.48. The number of nitrogens with zero attached hydrogens (tertiary/aromatic N) is 1. The van der Waals surface area contributed by atoms with Crippen molar-refractivity contribution in [2.24, 2.45) is 11.7 Å². The Labute approximate surface area is 120 Å². The van der Waals surface area contributed by atoms with Crippen LogP contribution in [0.25, 0.3) is 0 Å². The molecule has 0 spiro atoms. The van der Waals surface area contributed by atoms with Crippen LogP contribution in [-0.4, -0.2) is 36.5 Å². The predicted octanol–water partition coefficient (Wildman–Crippen LogP) is 1.28. The molecule has 2 bridgehead atoms. The third kappa shape index (κ3) is 2.72. The normalized spacial score (nSPS) is 28.6. The van der Waals surface area contributed by atoms with E-state index in [2.05, 4.69) is 10.2 Å². The first-order chi connectivity index (χ1) is 9.63. The SMILES string of the molecule is Cc1cc(C(N)=O)ccc1CNC1CN2CCC1CC2. The van der Waals surface area contributed by atoms with Crippen LogP contribution in [0.5, 0.6) is 0 Å². The number of hydrogen-bond donors (Lipinski definition) is 2. The van der Waals surface area contributed by atoms with Crippen molar-refractivity contribution in [2.45, 2.75) is 32.4 Å². The van der Waals surface area contributed by atoms with E-state index in [0.717, 1.165) is 18.0 Å². The third-order valence-corrected chi connectivity index (χ3v) is 4.84. The zero-order chi connectivity index (χ0) is 14.1. The molecule has 0 aromatic heterocycles. The summed E-state index contributed by atoms with van der Waals surface area (Å²) in [6.45, 7) is 6.65. The summed E-state index contributed by atoms with van der Waals surface area (Å²) in [6, 6.07) is 6.34. The van der Waals surface area contributed by atoms with E-state index in [1.54, 1.807) is 0 Å². The molecular formula is C16H23N3O. The molecule has 1 unspecified atom stereocenters. The van der Waals surface area contributed by atoms with Gasteiger partial charge in [0.2, 0.25) is 5.91 Å². The van der Waals surface area contributed by atoms with Gasteiger partial charge in [0.15, 0.2) is 0 Å². The molecule has 3 aliphatic heterocycles. The Morgan fingerprint density at radius 1 is 1.40 bits per heavy atom. The Morgan fingerprint density at radius 3 is 2.70 bits per heavy atom. The summed E-state index contributed by atoms with van der Waals surface area (Å²) in [5.41, 5.74) is 8.29. The summed E-state index contributed by atoms with van der Waals surface area (Å²) in [7, 11) is 0. The number of hydrogen-bond acceptors (Lipinski definition) is 3. The molecule has 1 amide bonds. The van der Waals surface area contributed by atoms with Crippen molar-refractivity contribution in [1.29, 1.82) is 0 Å².